The predicted octanol–water partition coefficient (Wildman–Crippen LogP) is 2.55. The molecule has 2 rings (SSSR count). The topological polar surface area (TPSA) is 89.5 Å². The second-order valence-corrected chi connectivity index (χ2v) is 7.47. The number of benzene rings is 2. The fourth-order valence-electron chi connectivity index (χ4n) is 1.95. The Balaban J connectivity index is 2.02. The van der Waals surface area contributed by atoms with Gasteiger partial charge in [0, 0.05) is 12.3 Å². The molecule has 0 radical (unpaired) electrons. The Morgan fingerprint density at radius 2 is 1.69 bits per heavy atom. The SMILES string of the molecule is C[C@H](OC(=O)c1ccc(S(C)(=O)=O)cc1)C(=O)Nc1ccc(F)cc1F. The highest BCUT2D eigenvalue weighted by atomic mass is 32.2. The lowest BCUT2D eigenvalue weighted by molar-refractivity contribution is -0.123. The molecule has 0 saturated carbocycles. The fourth-order valence-corrected chi connectivity index (χ4v) is 2.58. The molecule has 6 nitrogen and oxygen atoms in total. The van der Waals surface area contributed by atoms with Crippen LogP contribution in [0, 0.1) is 11.6 Å². The molecule has 9 heteroatoms. The van der Waals surface area contributed by atoms with E-state index < -0.39 is 39.5 Å². The maximum absolute atomic E-state index is 13.5. The molecule has 0 saturated heterocycles. The van der Waals surface area contributed by atoms with Crippen molar-refractivity contribution in [1.82, 2.24) is 0 Å². The van der Waals surface area contributed by atoms with Crippen LogP contribution in [0.5, 0.6) is 0 Å². The second-order valence-electron chi connectivity index (χ2n) is 5.46. The van der Waals surface area contributed by atoms with Crippen molar-refractivity contribution in [2.24, 2.45) is 0 Å². The van der Waals surface area contributed by atoms with Crippen LogP contribution in [0.3, 0.4) is 0 Å². The van der Waals surface area contributed by atoms with Crippen molar-refractivity contribution >= 4 is 27.4 Å². The average molecular weight is 383 g/mol. The van der Waals surface area contributed by atoms with Crippen LogP contribution in [0.4, 0.5) is 14.5 Å². The number of hydrogen-bond acceptors (Lipinski definition) is 5. The van der Waals surface area contributed by atoms with Crippen molar-refractivity contribution in [3.05, 3.63) is 59.7 Å². The van der Waals surface area contributed by atoms with Crippen LogP contribution >= 0.6 is 0 Å². The summed E-state index contributed by atoms with van der Waals surface area (Å²) in [6, 6.07) is 7.61. The van der Waals surface area contributed by atoms with Gasteiger partial charge in [-0.25, -0.2) is 22.0 Å². The molecule has 26 heavy (non-hydrogen) atoms. The molecule has 138 valence electrons. The van der Waals surface area contributed by atoms with E-state index >= 15 is 0 Å². The number of ether oxygens (including phenoxy) is 1. The van der Waals surface area contributed by atoms with Crippen molar-refractivity contribution in [2.75, 3.05) is 11.6 Å². The van der Waals surface area contributed by atoms with E-state index in [4.69, 9.17) is 4.74 Å². The Hall–Kier alpha value is -2.81. The zero-order valence-electron chi connectivity index (χ0n) is 13.8. The molecule has 1 N–H and O–H groups in total. The number of halogens is 2. The fraction of sp³-hybridized carbons (Fsp3) is 0.176. The van der Waals surface area contributed by atoms with Gasteiger partial charge in [0.05, 0.1) is 16.1 Å². The summed E-state index contributed by atoms with van der Waals surface area (Å²) in [7, 11) is -3.40. The van der Waals surface area contributed by atoms with Crippen LogP contribution in [0.15, 0.2) is 47.4 Å². The van der Waals surface area contributed by atoms with Gasteiger partial charge in [0.15, 0.2) is 15.9 Å². The zero-order chi connectivity index (χ0) is 19.5. The zero-order valence-corrected chi connectivity index (χ0v) is 14.6. The van der Waals surface area contributed by atoms with E-state index in [2.05, 4.69) is 5.32 Å². The summed E-state index contributed by atoms with van der Waals surface area (Å²) in [5.41, 5.74) is -0.207. The maximum atomic E-state index is 13.5. The van der Waals surface area contributed by atoms with Gasteiger partial charge < -0.3 is 10.1 Å². The number of carbonyl (C=O) groups excluding carboxylic acids is 2. The summed E-state index contributed by atoms with van der Waals surface area (Å²) in [4.78, 5) is 24.0. The number of anilines is 1. The van der Waals surface area contributed by atoms with Crippen molar-refractivity contribution in [3.63, 3.8) is 0 Å². The number of amides is 1. The molecule has 2 aromatic carbocycles. The predicted molar refractivity (Wildman–Crippen MR) is 89.4 cm³/mol. The standard InChI is InChI=1S/C17H15F2NO5S/c1-10(16(21)20-15-8-5-12(18)9-14(15)19)25-17(22)11-3-6-13(7-4-11)26(2,23)24/h3-10H,1-2H3,(H,20,21)/t10-/m0/s1. The normalized spacial score (nSPS) is 12.3. The number of nitrogens with one attached hydrogen (secondary N) is 1. The molecule has 0 bridgehead atoms. The van der Waals surface area contributed by atoms with E-state index in [1.807, 2.05) is 0 Å². The molecule has 1 amide bonds. The van der Waals surface area contributed by atoms with Gasteiger partial charge in [-0.2, -0.15) is 0 Å². The lowest BCUT2D eigenvalue weighted by Crippen LogP contribution is -2.30. The van der Waals surface area contributed by atoms with Crippen LogP contribution in [0.2, 0.25) is 0 Å². The van der Waals surface area contributed by atoms with Gasteiger partial charge in [-0.1, -0.05) is 0 Å². The Morgan fingerprint density at radius 1 is 1.08 bits per heavy atom. The molecule has 0 aliphatic heterocycles. The minimum absolute atomic E-state index is 0.0339. The first kappa shape index (κ1) is 19.5. The largest absolute Gasteiger partial charge is 0.449 e. The number of sulfone groups is 1. The summed E-state index contributed by atoms with van der Waals surface area (Å²) >= 11 is 0. The Kier molecular flexibility index (Phi) is 5.71. The number of esters is 1. The Morgan fingerprint density at radius 3 is 2.23 bits per heavy atom. The minimum Gasteiger partial charge on any atom is -0.449 e. The average Bonchev–Trinajstić information content (AvgIpc) is 2.56. The molecule has 0 spiro atoms. The molecule has 0 aliphatic carbocycles. The first-order valence-electron chi connectivity index (χ1n) is 7.35. The van der Waals surface area contributed by atoms with E-state index in [9.17, 15) is 26.8 Å². The number of rotatable bonds is 5. The Labute approximate surface area is 148 Å². The van der Waals surface area contributed by atoms with Crippen LogP contribution < -0.4 is 5.32 Å². The minimum atomic E-state index is -3.40. The van der Waals surface area contributed by atoms with E-state index in [0.29, 0.717) is 6.07 Å². The van der Waals surface area contributed by atoms with Crippen molar-refractivity contribution in [3.8, 4) is 0 Å². The molecule has 0 unspecified atom stereocenters. The highest BCUT2D eigenvalue weighted by molar-refractivity contribution is 7.90. The molecular formula is C17H15F2NO5S. The van der Waals surface area contributed by atoms with E-state index in [0.717, 1.165) is 18.4 Å². The first-order valence-corrected chi connectivity index (χ1v) is 9.24. The van der Waals surface area contributed by atoms with Crippen LogP contribution in [0.25, 0.3) is 0 Å². The summed E-state index contributed by atoms with van der Waals surface area (Å²) in [5.74, 6) is -3.42. The van der Waals surface area contributed by atoms with Gasteiger partial charge in [-0.15, -0.1) is 0 Å². The lowest BCUT2D eigenvalue weighted by Gasteiger charge is -2.14. The van der Waals surface area contributed by atoms with Gasteiger partial charge in [0.1, 0.15) is 11.6 Å². The quantitative estimate of drug-likeness (QED) is 0.802. The van der Waals surface area contributed by atoms with Crippen molar-refractivity contribution in [1.29, 1.82) is 0 Å². The molecule has 0 aliphatic rings. The van der Waals surface area contributed by atoms with Crippen LogP contribution in [-0.2, 0) is 19.4 Å². The highest BCUT2D eigenvalue weighted by Crippen LogP contribution is 2.16. The van der Waals surface area contributed by atoms with Gasteiger partial charge in [0.2, 0.25) is 0 Å². The molecule has 0 aromatic heterocycles. The maximum Gasteiger partial charge on any atom is 0.338 e. The van der Waals surface area contributed by atoms with Crippen molar-refractivity contribution < 1.29 is 31.5 Å². The summed E-state index contributed by atoms with van der Waals surface area (Å²) in [6.07, 6.45) is -0.233. The first-order chi connectivity index (χ1) is 12.1. The lowest BCUT2D eigenvalue weighted by atomic mass is 10.2. The summed E-state index contributed by atoms with van der Waals surface area (Å²) in [5, 5.41) is 2.19. The molecule has 1 atom stereocenters. The van der Waals surface area contributed by atoms with Gasteiger partial charge in [0.25, 0.3) is 5.91 Å². The van der Waals surface area contributed by atoms with Crippen LogP contribution in [0.1, 0.15) is 17.3 Å². The van der Waals surface area contributed by atoms with Crippen molar-refractivity contribution in [2.45, 2.75) is 17.9 Å². The third kappa shape index (κ3) is 4.85. The Bertz CT molecular complexity index is 942. The highest BCUT2D eigenvalue weighted by Gasteiger charge is 2.20. The van der Waals surface area contributed by atoms with E-state index in [1.165, 1.54) is 31.2 Å². The summed E-state index contributed by atoms with van der Waals surface area (Å²) in [6.45, 7) is 1.28. The number of hydrogen-bond donors (Lipinski definition) is 1. The van der Waals surface area contributed by atoms with Gasteiger partial charge in [-0.3, -0.25) is 4.79 Å². The molecular weight excluding hydrogens is 368 g/mol. The third-order valence-corrected chi connectivity index (χ3v) is 4.49. The second kappa shape index (κ2) is 7.61. The molecule has 0 heterocycles. The molecule has 0 fully saturated rings. The van der Waals surface area contributed by atoms with E-state index in [1.54, 1.807) is 0 Å². The monoisotopic (exact) mass is 383 g/mol. The number of carbonyl (C=O) groups is 2. The van der Waals surface area contributed by atoms with Gasteiger partial charge in [-0.05, 0) is 43.3 Å². The summed E-state index contributed by atoms with van der Waals surface area (Å²) < 4.78 is 54.1. The van der Waals surface area contributed by atoms with Crippen LogP contribution in [-0.4, -0.2) is 32.7 Å². The van der Waals surface area contributed by atoms with E-state index in [-0.39, 0.29) is 16.1 Å². The molecule has 2 aromatic rings. The third-order valence-electron chi connectivity index (χ3n) is 3.36. The van der Waals surface area contributed by atoms with Gasteiger partial charge >= 0.3 is 5.97 Å². The smallest absolute Gasteiger partial charge is 0.338 e.